The number of fused-ring (bicyclic) bond motifs is 3. The molecule has 0 saturated carbocycles. The van der Waals surface area contributed by atoms with Crippen LogP contribution in [0.5, 0.6) is 0 Å². The Morgan fingerprint density at radius 1 is 0.625 bits per heavy atom. The molecule has 0 saturated heterocycles. The van der Waals surface area contributed by atoms with Crippen LogP contribution in [0.1, 0.15) is 0 Å². The van der Waals surface area contributed by atoms with Gasteiger partial charge >= 0.3 is 23.1 Å². The first-order chi connectivity index (χ1) is 6.45. The van der Waals surface area contributed by atoms with Gasteiger partial charge in [0.1, 0.15) is 0 Å². The Morgan fingerprint density at radius 3 is 1.44 bits per heavy atom. The van der Waals surface area contributed by atoms with Gasteiger partial charge in [0.15, 0.2) is 0 Å². The third-order valence-electron chi connectivity index (χ3n) is 2.41. The molecule has 1 N–H and O–H groups in total. The first-order valence-electron chi connectivity index (χ1n) is 4.40. The molecule has 0 aliphatic carbocycles. The maximum Gasteiger partial charge on any atom is 2.00 e. The number of aromatic nitrogens is 1. The van der Waals surface area contributed by atoms with Crippen LogP contribution in [-0.4, -0.2) is 28.0 Å². The number of nitrogens with one attached hydrogen (secondary N) is 1. The second-order valence-electron chi connectivity index (χ2n) is 3.22. The molecule has 2 aromatic carbocycles. The van der Waals surface area contributed by atoms with Crippen LogP contribution in [0.4, 0.5) is 0 Å². The maximum absolute atomic E-state index is 3.38. The topological polar surface area (TPSA) is 15.8 Å². The van der Waals surface area contributed by atoms with Crippen LogP contribution in [0.15, 0.2) is 48.5 Å². The van der Waals surface area contributed by atoms with E-state index >= 15 is 0 Å². The predicted octanol–water partition coefficient (Wildman–Crippen LogP) is -3.05. The summed E-state index contributed by atoms with van der Waals surface area (Å²) in [6, 6.07) is 16.8. The summed E-state index contributed by atoms with van der Waals surface area (Å²) in [7, 11) is 0. The Kier molecular flexibility index (Phi) is 6.63. The zero-order valence-electron chi connectivity index (χ0n) is 8.58. The molecule has 1 aromatic heterocycles. The van der Waals surface area contributed by atoms with Gasteiger partial charge in [-0.3, -0.25) is 0 Å². The summed E-state index contributed by atoms with van der Waals surface area (Å²) in [6.07, 6.45) is 0. The standard InChI is InChI=1S/C12H9N.2BrH.Mg/c1-3-7-11-9(5-1)10-6-2-4-8-12(10)13-11;;;/h1-8,13H;2*1H;/q;;;+2/p-2. The van der Waals surface area contributed by atoms with Crippen molar-refractivity contribution in [2.45, 2.75) is 0 Å². The average molecular weight is 351 g/mol. The number of para-hydroxylation sites is 2. The molecule has 16 heavy (non-hydrogen) atoms. The molecule has 0 amide bonds. The van der Waals surface area contributed by atoms with Crippen LogP contribution in [0.25, 0.3) is 21.8 Å². The molecule has 1 nitrogen and oxygen atoms in total. The van der Waals surface area contributed by atoms with Gasteiger partial charge in [-0.15, -0.1) is 0 Å². The van der Waals surface area contributed by atoms with Gasteiger partial charge in [-0.2, -0.15) is 0 Å². The molecule has 0 bridgehead atoms. The van der Waals surface area contributed by atoms with Crippen LogP contribution in [0.3, 0.4) is 0 Å². The van der Waals surface area contributed by atoms with Gasteiger partial charge in [0.05, 0.1) is 0 Å². The van der Waals surface area contributed by atoms with E-state index in [9.17, 15) is 0 Å². The van der Waals surface area contributed by atoms with Crippen molar-refractivity contribution in [2.24, 2.45) is 0 Å². The summed E-state index contributed by atoms with van der Waals surface area (Å²) < 4.78 is 0. The summed E-state index contributed by atoms with van der Waals surface area (Å²) >= 11 is 0. The molecular weight excluding hydrogens is 342 g/mol. The summed E-state index contributed by atoms with van der Waals surface area (Å²) in [5, 5.41) is 2.61. The quantitative estimate of drug-likeness (QED) is 0.415. The van der Waals surface area contributed by atoms with Crippen molar-refractivity contribution in [3.8, 4) is 0 Å². The molecule has 1 heterocycles. The fourth-order valence-electron chi connectivity index (χ4n) is 1.80. The fourth-order valence-corrected chi connectivity index (χ4v) is 1.80. The van der Waals surface area contributed by atoms with Crippen molar-refractivity contribution in [3.05, 3.63) is 48.5 Å². The van der Waals surface area contributed by atoms with Crippen LogP contribution in [0.2, 0.25) is 0 Å². The molecule has 3 aromatic rings. The van der Waals surface area contributed by atoms with E-state index in [0.29, 0.717) is 0 Å². The van der Waals surface area contributed by atoms with Crippen molar-refractivity contribution in [1.82, 2.24) is 4.98 Å². The molecule has 0 unspecified atom stereocenters. The van der Waals surface area contributed by atoms with Gasteiger partial charge in [0.2, 0.25) is 0 Å². The monoisotopic (exact) mass is 349 g/mol. The smallest absolute Gasteiger partial charge is 1.00 e. The van der Waals surface area contributed by atoms with Gasteiger partial charge < -0.3 is 38.9 Å². The molecule has 0 aliphatic rings. The number of aromatic amines is 1. The van der Waals surface area contributed by atoms with Crippen molar-refractivity contribution < 1.29 is 34.0 Å². The Hall–Kier alpha value is -0.0338. The van der Waals surface area contributed by atoms with Crippen LogP contribution in [0, 0.1) is 0 Å². The second-order valence-corrected chi connectivity index (χ2v) is 3.22. The maximum atomic E-state index is 3.38. The number of hydrogen-bond acceptors (Lipinski definition) is 0. The summed E-state index contributed by atoms with van der Waals surface area (Å²) in [5.41, 5.74) is 2.42. The SMILES string of the molecule is [Br-].[Br-].[Mg+2].c1ccc2c(c1)[nH]c1ccccc12. The number of halogens is 2. The summed E-state index contributed by atoms with van der Waals surface area (Å²) in [6.45, 7) is 0. The first kappa shape index (κ1) is 16.0. The van der Waals surface area contributed by atoms with Gasteiger partial charge in [0, 0.05) is 21.8 Å². The van der Waals surface area contributed by atoms with E-state index in [4.69, 9.17) is 0 Å². The van der Waals surface area contributed by atoms with E-state index in [1.165, 1.54) is 21.8 Å². The van der Waals surface area contributed by atoms with E-state index in [-0.39, 0.29) is 57.0 Å². The summed E-state index contributed by atoms with van der Waals surface area (Å²) in [4.78, 5) is 3.38. The minimum absolute atomic E-state index is 0. The minimum atomic E-state index is 0. The number of rotatable bonds is 0. The molecule has 0 spiro atoms. The van der Waals surface area contributed by atoms with E-state index < -0.39 is 0 Å². The Bertz CT molecular complexity index is 527. The third kappa shape index (κ3) is 2.61. The van der Waals surface area contributed by atoms with Gasteiger partial charge in [-0.25, -0.2) is 0 Å². The summed E-state index contributed by atoms with van der Waals surface area (Å²) in [5.74, 6) is 0. The van der Waals surface area contributed by atoms with Crippen LogP contribution < -0.4 is 34.0 Å². The van der Waals surface area contributed by atoms with Gasteiger partial charge in [-0.1, -0.05) is 36.4 Å². The third-order valence-corrected chi connectivity index (χ3v) is 2.41. The molecule has 0 radical (unpaired) electrons. The molecule has 78 valence electrons. The Labute approximate surface area is 131 Å². The Balaban J connectivity index is 0.000000750. The van der Waals surface area contributed by atoms with E-state index in [2.05, 4.69) is 53.5 Å². The first-order valence-corrected chi connectivity index (χ1v) is 4.40. The zero-order valence-corrected chi connectivity index (χ0v) is 13.2. The minimum Gasteiger partial charge on any atom is -1.00 e. The van der Waals surface area contributed by atoms with E-state index in [1.54, 1.807) is 0 Å². The van der Waals surface area contributed by atoms with Crippen molar-refractivity contribution in [3.63, 3.8) is 0 Å². The van der Waals surface area contributed by atoms with Gasteiger partial charge in [0.25, 0.3) is 0 Å². The number of H-pyrrole nitrogens is 1. The number of hydrogen-bond donors (Lipinski definition) is 1. The molecular formula is C12H9Br2MgN. The number of benzene rings is 2. The van der Waals surface area contributed by atoms with E-state index in [0.717, 1.165) is 0 Å². The van der Waals surface area contributed by atoms with E-state index in [1.807, 2.05) is 0 Å². The van der Waals surface area contributed by atoms with Crippen LogP contribution >= 0.6 is 0 Å². The molecule has 0 aliphatic heterocycles. The van der Waals surface area contributed by atoms with Crippen molar-refractivity contribution in [1.29, 1.82) is 0 Å². The molecule has 4 heteroatoms. The Morgan fingerprint density at radius 2 is 1.00 bits per heavy atom. The molecule has 3 rings (SSSR count). The molecule has 0 fully saturated rings. The zero-order chi connectivity index (χ0) is 8.67. The average Bonchev–Trinajstić information content (AvgIpc) is 2.56. The largest absolute Gasteiger partial charge is 2.00 e. The van der Waals surface area contributed by atoms with Gasteiger partial charge in [-0.05, 0) is 12.1 Å². The normalized spacial score (nSPS) is 9.00. The van der Waals surface area contributed by atoms with Crippen molar-refractivity contribution in [2.75, 3.05) is 0 Å². The second kappa shape index (κ2) is 6.64. The fraction of sp³-hybridized carbons (Fsp3) is 0. The van der Waals surface area contributed by atoms with Crippen LogP contribution in [-0.2, 0) is 0 Å². The van der Waals surface area contributed by atoms with Crippen molar-refractivity contribution >= 4 is 44.9 Å². The predicted molar refractivity (Wildman–Crippen MR) is 61.6 cm³/mol. The molecule has 0 atom stereocenters.